The Hall–Kier alpha value is -3.44. The summed E-state index contributed by atoms with van der Waals surface area (Å²) in [5.74, 6) is 1.38. The molecule has 5 rings (SSSR count). The summed E-state index contributed by atoms with van der Waals surface area (Å²) in [5.41, 5.74) is 4.55. The molecule has 1 fully saturated rings. The maximum atomic E-state index is 12.6. The highest BCUT2D eigenvalue weighted by atomic mass is 35.5. The normalized spacial score (nSPS) is 19.8. The molecular weight excluding hydrogens is 472 g/mol. The van der Waals surface area contributed by atoms with Gasteiger partial charge in [-0.15, -0.1) is 0 Å². The molecule has 2 heterocycles. The summed E-state index contributed by atoms with van der Waals surface area (Å²) in [4.78, 5) is 14.8. The van der Waals surface area contributed by atoms with E-state index in [4.69, 9.17) is 21.1 Å². The fourth-order valence-electron chi connectivity index (χ4n) is 5.31. The van der Waals surface area contributed by atoms with Crippen molar-refractivity contribution >= 4 is 29.3 Å². The molecule has 0 unspecified atom stereocenters. The van der Waals surface area contributed by atoms with E-state index in [9.17, 15) is 4.79 Å². The van der Waals surface area contributed by atoms with Crippen molar-refractivity contribution in [1.29, 1.82) is 0 Å². The van der Waals surface area contributed by atoms with Gasteiger partial charge in [-0.2, -0.15) is 0 Å². The molecule has 3 aromatic carbocycles. The largest absolute Gasteiger partial charge is 0.490 e. The van der Waals surface area contributed by atoms with Gasteiger partial charge in [0.1, 0.15) is 12.3 Å². The molecule has 1 N–H and O–H groups in total. The molecule has 1 saturated heterocycles. The number of aryl methyl sites for hydroxylation is 1. The molecule has 0 aromatic heterocycles. The lowest BCUT2D eigenvalue weighted by molar-refractivity contribution is -0.118. The van der Waals surface area contributed by atoms with E-state index in [0.717, 1.165) is 16.8 Å². The highest BCUT2D eigenvalue weighted by Crippen LogP contribution is 2.53. The zero-order chi connectivity index (χ0) is 25.5. The van der Waals surface area contributed by atoms with E-state index in [0.29, 0.717) is 36.3 Å². The van der Waals surface area contributed by atoms with Crippen LogP contribution >= 0.6 is 11.6 Å². The lowest BCUT2D eigenvalue weighted by Crippen LogP contribution is -2.58. The van der Waals surface area contributed by atoms with Crippen molar-refractivity contribution in [1.82, 2.24) is 5.32 Å². The zero-order valence-electron chi connectivity index (χ0n) is 21.1. The van der Waals surface area contributed by atoms with Gasteiger partial charge in [-0.25, -0.2) is 0 Å². The minimum atomic E-state index is -0.645. The number of carbonyl (C=O) groups excluding carboxylic acids is 1. The molecule has 2 aliphatic rings. The monoisotopic (exact) mass is 502 g/mol. The molecule has 36 heavy (non-hydrogen) atoms. The number of rotatable bonds is 7. The Morgan fingerprint density at radius 3 is 2.67 bits per heavy atom. The molecule has 0 bridgehead atoms. The summed E-state index contributed by atoms with van der Waals surface area (Å²) >= 11 is 6.10. The van der Waals surface area contributed by atoms with Crippen molar-refractivity contribution in [3.05, 3.63) is 94.0 Å². The number of hydrogen-bond donors (Lipinski definition) is 1. The molecule has 1 atom stereocenters. The van der Waals surface area contributed by atoms with Crippen molar-refractivity contribution in [2.75, 3.05) is 18.1 Å². The van der Waals surface area contributed by atoms with Crippen LogP contribution in [0.2, 0.25) is 5.02 Å². The average Bonchev–Trinajstić information content (AvgIpc) is 3.27. The first-order valence-corrected chi connectivity index (χ1v) is 12.6. The van der Waals surface area contributed by atoms with Gasteiger partial charge in [0, 0.05) is 16.1 Å². The number of nitrogens with zero attached hydrogens (tertiary/aromatic N) is 1. The lowest BCUT2D eigenvalue weighted by Gasteiger charge is -2.40. The first-order valence-electron chi connectivity index (χ1n) is 12.3. The van der Waals surface area contributed by atoms with Crippen molar-refractivity contribution < 1.29 is 14.3 Å². The fourth-order valence-corrected chi connectivity index (χ4v) is 5.52. The van der Waals surface area contributed by atoms with Gasteiger partial charge in [-0.1, -0.05) is 67.4 Å². The molecule has 0 spiro atoms. The lowest BCUT2D eigenvalue weighted by atomic mass is 9.75. The molecule has 2 aliphatic heterocycles. The topological polar surface area (TPSA) is 50.8 Å². The van der Waals surface area contributed by atoms with Crippen LogP contribution in [0.5, 0.6) is 11.5 Å². The predicted octanol–water partition coefficient (Wildman–Crippen LogP) is 6.26. The summed E-state index contributed by atoms with van der Waals surface area (Å²) in [6.45, 7) is 9.70. The van der Waals surface area contributed by atoms with E-state index in [1.807, 2.05) is 49.4 Å². The summed E-state index contributed by atoms with van der Waals surface area (Å²) in [5, 5.41) is 3.97. The van der Waals surface area contributed by atoms with Crippen LogP contribution in [-0.4, -0.2) is 24.7 Å². The fraction of sp³-hybridized carbons (Fsp3) is 0.300. The minimum Gasteiger partial charge on any atom is -0.490 e. The minimum absolute atomic E-state index is 0.0266. The van der Waals surface area contributed by atoms with E-state index >= 15 is 0 Å². The van der Waals surface area contributed by atoms with Crippen LogP contribution in [0.4, 0.5) is 5.69 Å². The van der Waals surface area contributed by atoms with Gasteiger partial charge in [0.05, 0.1) is 13.2 Å². The maximum Gasteiger partial charge on any atom is 0.241 e. The summed E-state index contributed by atoms with van der Waals surface area (Å²) in [7, 11) is 0. The quantitative estimate of drug-likeness (QED) is 0.414. The molecule has 0 saturated carbocycles. The van der Waals surface area contributed by atoms with Gasteiger partial charge in [0.15, 0.2) is 11.5 Å². The molecule has 1 amide bonds. The number of amides is 1. The van der Waals surface area contributed by atoms with Crippen LogP contribution in [0, 0.1) is 6.92 Å². The van der Waals surface area contributed by atoms with Crippen LogP contribution in [0.1, 0.15) is 43.0 Å². The van der Waals surface area contributed by atoms with Crippen LogP contribution in [-0.2, 0) is 16.8 Å². The number of fused-ring (bicyclic) bond motifs is 3. The van der Waals surface area contributed by atoms with Crippen molar-refractivity contribution in [3.8, 4) is 11.5 Å². The van der Waals surface area contributed by atoms with Crippen molar-refractivity contribution in [3.63, 3.8) is 0 Å². The third-order valence-electron chi connectivity index (χ3n) is 7.19. The molecule has 186 valence electrons. The number of anilines is 1. The third kappa shape index (κ3) is 4.11. The highest BCUT2D eigenvalue weighted by Gasteiger charge is 2.59. The third-order valence-corrected chi connectivity index (χ3v) is 7.43. The van der Waals surface area contributed by atoms with E-state index in [2.05, 4.69) is 61.3 Å². The van der Waals surface area contributed by atoms with E-state index in [-0.39, 0.29) is 11.3 Å². The Labute approximate surface area is 217 Å². The number of halogens is 1. The summed E-state index contributed by atoms with van der Waals surface area (Å²) in [6.07, 6.45) is 4.17. The SMILES string of the molecule is CCOc1cc(/C=C/[C@@]23NC(=O)CN2c2ccc(C)cc2C3(C)C)ccc1OCc1cccc(Cl)c1. The zero-order valence-corrected chi connectivity index (χ0v) is 21.9. The van der Waals surface area contributed by atoms with Crippen LogP contribution in [0.3, 0.4) is 0 Å². The molecule has 0 aliphatic carbocycles. The standard InChI is InChI=1S/C30H31ClN2O3/c1-5-35-27-17-21(10-12-26(27)36-19-22-7-6-8-23(31)16-22)13-14-30-29(3,4)24-15-20(2)9-11-25(24)33(30)18-28(34)32-30/h6-17H,5,18-19H2,1-4H3,(H,32,34)/b14-13+/t30-/m1/s1. The number of hydrogen-bond acceptors (Lipinski definition) is 4. The molecular formula is C30H31ClN2O3. The van der Waals surface area contributed by atoms with Gasteiger partial charge in [0.2, 0.25) is 5.91 Å². The summed E-state index contributed by atoms with van der Waals surface area (Å²) < 4.78 is 12.0. The number of nitrogens with one attached hydrogen (secondary N) is 1. The Bertz CT molecular complexity index is 1350. The highest BCUT2D eigenvalue weighted by molar-refractivity contribution is 6.30. The Kier molecular flexibility index (Phi) is 6.21. The van der Waals surface area contributed by atoms with Crippen LogP contribution in [0.25, 0.3) is 6.08 Å². The second-order valence-electron chi connectivity index (χ2n) is 9.94. The first-order chi connectivity index (χ1) is 17.2. The van der Waals surface area contributed by atoms with E-state index < -0.39 is 5.66 Å². The van der Waals surface area contributed by atoms with Crippen LogP contribution in [0.15, 0.2) is 66.7 Å². The molecule has 3 aromatic rings. The van der Waals surface area contributed by atoms with E-state index in [1.165, 1.54) is 11.1 Å². The Morgan fingerprint density at radius 2 is 1.89 bits per heavy atom. The van der Waals surface area contributed by atoms with E-state index in [1.54, 1.807) is 0 Å². The van der Waals surface area contributed by atoms with Gasteiger partial charge >= 0.3 is 0 Å². The van der Waals surface area contributed by atoms with Crippen molar-refractivity contribution in [2.45, 2.75) is 45.4 Å². The average molecular weight is 503 g/mol. The number of benzene rings is 3. The maximum absolute atomic E-state index is 12.6. The van der Waals surface area contributed by atoms with Gasteiger partial charge < -0.3 is 19.7 Å². The Balaban J connectivity index is 1.44. The van der Waals surface area contributed by atoms with Crippen LogP contribution < -0.4 is 19.7 Å². The summed E-state index contributed by atoms with van der Waals surface area (Å²) in [6, 6.07) is 20.0. The molecule has 5 nitrogen and oxygen atoms in total. The molecule has 0 radical (unpaired) electrons. The van der Waals surface area contributed by atoms with Gasteiger partial charge in [0.25, 0.3) is 0 Å². The first kappa shape index (κ1) is 24.3. The second-order valence-corrected chi connectivity index (χ2v) is 10.4. The smallest absolute Gasteiger partial charge is 0.241 e. The van der Waals surface area contributed by atoms with Gasteiger partial charge in [-0.05, 0) is 66.9 Å². The second kappa shape index (κ2) is 9.21. The predicted molar refractivity (Wildman–Crippen MR) is 145 cm³/mol. The Morgan fingerprint density at radius 1 is 1.06 bits per heavy atom. The van der Waals surface area contributed by atoms with Crippen molar-refractivity contribution in [2.24, 2.45) is 0 Å². The number of ether oxygens (including phenoxy) is 2. The molecule has 6 heteroatoms. The number of carbonyl (C=O) groups is 1. The van der Waals surface area contributed by atoms with Gasteiger partial charge in [-0.3, -0.25) is 4.79 Å².